The second-order valence-electron chi connectivity index (χ2n) is 3.69. The lowest BCUT2D eigenvalue weighted by molar-refractivity contribution is -0.119. The van der Waals surface area contributed by atoms with Gasteiger partial charge in [-0.1, -0.05) is 0 Å². The minimum Gasteiger partial charge on any atom is -0.368 e. The molecule has 82 valence electrons. The number of rotatable bonds is 1. The summed E-state index contributed by atoms with van der Waals surface area (Å²) in [6.45, 7) is 0. The molecule has 1 saturated heterocycles. The fourth-order valence-corrected chi connectivity index (χ4v) is 1.54. The smallest absolute Gasteiger partial charge is 0.261 e. The van der Waals surface area contributed by atoms with Gasteiger partial charge in [0.05, 0.1) is 12.3 Å². The first-order valence-corrected chi connectivity index (χ1v) is 6.10. The van der Waals surface area contributed by atoms with Crippen molar-refractivity contribution in [1.29, 1.82) is 0 Å². The SMILES string of the molecule is CS(=O)(=O)O.NC(=O)[C@@H]1C[C@@H]2C[C@@H]2N1. The number of hydrogen-bond donors (Lipinski definition) is 3. The van der Waals surface area contributed by atoms with Crippen molar-refractivity contribution in [2.75, 3.05) is 6.26 Å². The second-order valence-corrected chi connectivity index (χ2v) is 5.16. The number of nitrogens with two attached hydrogens (primary N) is 1. The first kappa shape index (κ1) is 11.4. The summed E-state index contributed by atoms with van der Waals surface area (Å²) in [5.74, 6) is 0.574. The number of fused-ring (bicyclic) bond motifs is 1. The molecular weight excluding hydrogens is 208 g/mol. The lowest BCUT2D eigenvalue weighted by Crippen LogP contribution is -2.38. The normalized spacial score (nSPS) is 34.0. The Labute approximate surface area is 82.6 Å². The Balaban J connectivity index is 0.000000171. The highest BCUT2D eigenvalue weighted by Gasteiger charge is 2.47. The molecule has 1 heterocycles. The van der Waals surface area contributed by atoms with Crippen molar-refractivity contribution >= 4 is 16.0 Å². The maximum atomic E-state index is 10.5. The molecule has 2 aliphatic rings. The van der Waals surface area contributed by atoms with Crippen LogP contribution in [0.1, 0.15) is 12.8 Å². The zero-order chi connectivity index (χ0) is 10.9. The molecular formula is C7H14N2O4S. The monoisotopic (exact) mass is 222 g/mol. The Bertz CT molecular complexity index is 309. The molecule has 0 spiro atoms. The van der Waals surface area contributed by atoms with Gasteiger partial charge in [-0.3, -0.25) is 9.35 Å². The fraction of sp³-hybridized carbons (Fsp3) is 0.857. The van der Waals surface area contributed by atoms with Crippen molar-refractivity contribution in [2.45, 2.75) is 24.9 Å². The topological polar surface area (TPSA) is 109 Å². The molecule has 0 aromatic carbocycles. The van der Waals surface area contributed by atoms with Gasteiger partial charge in [0.1, 0.15) is 0 Å². The average Bonchev–Trinajstić information content (AvgIpc) is 2.55. The molecule has 0 bridgehead atoms. The van der Waals surface area contributed by atoms with Gasteiger partial charge in [-0.15, -0.1) is 0 Å². The third-order valence-electron chi connectivity index (χ3n) is 2.22. The Hall–Kier alpha value is -0.660. The minimum atomic E-state index is -3.67. The summed E-state index contributed by atoms with van der Waals surface area (Å²) in [6, 6.07) is 0.608. The van der Waals surface area contributed by atoms with Crippen LogP contribution in [0, 0.1) is 5.92 Å². The highest BCUT2D eigenvalue weighted by molar-refractivity contribution is 7.85. The number of carbonyl (C=O) groups is 1. The third-order valence-corrected chi connectivity index (χ3v) is 2.22. The Morgan fingerprint density at radius 2 is 2.00 bits per heavy atom. The molecule has 0 aromatic heterocycles. The van der Waals surface area contributed by atoms with E-state index >= 15 is 0 Å². The standard InChI is InChI=1S/C6H10N2O.CH4O3S/c7-6(9)5-2-3-1-4(3)8-5;1-5(2,3)4/h3-5,8H,1-2H2,(H2,7,9);1H3,(H,2,3,4)/t3-,4-,5-;/m0./s1. The van der Waals surface area contributed by atoms with E-state index in [0.29, 0.717) is 12.3 Å². The first-order chi connectivity index (χ1) is 6.27. The number of nitrogens with one attached hydrogen (secondary N) is 1. The molecule has 1 amide bonds. The lowest BCUT2D eigenvalue weighted by Gasteiger charge is -2.06. The quantitative estimate of drug-likeness (QED) is 0.479. The molecule has 2 fully saturated rings. The Morgan fingerprint density at radius 1 is 1.50 bits per heavy atom. The summed E-state index contributed by atoms with van der Waals surface area (Å²) in [7, 11) is -3.67. The van der Waals surface area contributed by atoms with Crippen molar-refractivity contribution in [2.24, 2.45) is 11.7 Å². The number of piperidine rings is 1. The molecule has 1 aliphatic heterocycles. The van der Waals surface area contributed by atoms with E-state index in [1.807, 2.05) is 0 Å². The summed E-state index contributed by atoms with van der Waals surface area (Å²) in [6.07, 6.45) is 2.94. The zero-order valence-corrected chi connectivity index (χ0v) is 8.62. The van der Waals surface area contributed by atoms with Crippen LogP contribution in [0.5, 0.6) is 0 Å². The lowest BCUT2D eigenvalue weighted by atomic mass is 10.2. The zero-order valence-electron chi connectivity index (χ0n) is 7.80. The second kappa shape index (κ2) is 3.84. The van der Waals surface area contributed by atoms with Crippen LogP contribution in [-0.4, -0.2) is 37.2 Å². The Morgan fingerprint density at radius 3 is 2.21 bits per heavy atom. The van der Waals surface area contributed by atoms with Gasteiger partial charge in [0.2, 0.25) is 5.91 Å². The number of amides is 1. The molecule has 0 aromatic rings. The van der Waals surface area contributed by atoms with Crippen molar-refractivity contribution in [3.63, 3.8) is 0 Å². The summed E-state index contributed by atoms with van der Waals surface area (Å²) in [4.78, 5) is 10.5. The van der Waals surface area contributed by atoms with Crippen LogP contribution < -0.4 is 11.1 Å². The van der Waals surface area contributed by atoms with Gasteiger partial charge in [-0.05, 0) is 18.8 Å². The largest absolute Gasteiger partial charge is 0.368 e. The van der Waals surface area contributed by atoms with Crippen LogP contribution in [0.15, 0.2) is 0 Å². The average molecular weight is 222 g/mol. The van der Waals surface area contributed by atoms with Crippen LogP contribution in [0.4, 0.5) is 0 Å². The number of hydrogen-bond acceptors (Lipinski definition) is 4. The molecule has 1 aliphatic carbocycles. The van der Waals surface area contributed by atoms with Crippen molar-refractivity contribution in [1.82, 2.24) is 5.32 Å². The van der Waals surface area contributed by atoms with E-state index in [0.717, 1.165) is 12.3 Å². The molecule has 14 heavy (non-hydrogen) atoms. The van der Waals surface area contributed by atoms with Gasteiger partial charge in [-0.25, -0.2) is 0 Å². The van der Waals surface area contributed by atoms with Crippen LogP contribution in [0.25, 0.3) is 0 Å². The van der Waals surface area contributed by atoms with E-state index in [-0.39, 0.29) is 11.9 Å². The van der Waals surface area contributed by atoms with E-state index < -0.39 is 10.1 Å². The van der Waals surface area contributed by atoms with Gasteiger partial charge in [0.15, 0.2) is 0 Å². The molecule has 2 rings (SSSR count). The van der Waals surface area contributed by atoms with E-state index in [1.165, 1.54) is 6.42 Å². The highest BCUT2D eigenvalue weighted by atomic mass is 32.2. The predicted molar refractivity (Wildman–Crippen MR) is 50.1 cm³/mol. The van der Waals surface area contributed by atoms with E-state index in [2.05, 4.69) is 5.32 Å². The van der Waals surface area contributed by atoms with Crippen LogP contribution in [-0.2, 0) is 14.9 Å². The van der Waals surface area contributed by atoms with Crippen molar-refractivity contribution < 1.29 is 17.8 Å². The van der Waals surface area contributed by atoms with Gasteiger partial charge in [-0.2, -0.15) is 8.42 Å². The maximum absolute atomic E-state index is 10.5. The van der Waals surface area contributed by atoms with Crippen molar-refractivity contribution in [3.05, 3.63) is 0 Å². The molecule has 1 saturated carbocycles. The number of carbonyl (C=O) groups excluding carboxylic acids is 1. The Kier molecular flexibility index (Phi) is 3.13. The van der Waals surface area contributed by atoms with E-state index in [4.69, 9.17) is 10.3 Å². The molecule has 0 unspecified atom stereocenters. The third kappa shape index (κ3) is 4.03. The minimum absolute atomic E-state index is 0.0197. The molecule has 6 nitrogen and oxygen atoms in total. The summed E-state index contributed by atoms with van der Waals surface area (Å²) in [5.41, 5.74) is 5.08. The summed E-state index contributed by atoms with van der Waals surface area (Å²) < 4.78 is 25.9. The maximum Gasteiger partial charge on any atom is 0.261 e. The highest BCUT2D eigenvalue weighted by Crippen LogP contribution is 2.40. The predicted octanol–water partition coefficient (Wildman–Crippen LogP) is -1.27. The fourth-order valence-electron chi connectivity index (χ4n) is 1.54. The van der Waals surface area contributed by atoms with Crippen LogP contribution >= 0.6 is 0 Å². The first-order valence-electron chi connectivity index (χ1n) is 4.25. The van der Waals surface area contributed by atoms with Gasteiger partial charge >= 0.3 is 0 Å². The molecule has 0 radical (unpaired) electrons. The van der Waals surface area contributed by atoms with Gasteiger partial charge in [0.25, 0.3) is 10.1 Å². The van der Waals surface area contributed by atoms with Gasteiger partial charge in [0, 0.05) is 6.04 Å². The number of primary amides is 1. The van der Waals surface area contributed by atoms with Crippen LogP contribution in [0.2, 0.25) is 0 Å². The summed E-state index contributed by atoms with van der Waals surface area (Å²) >= 11 is 0. The molecule has 3 atom stereocenters. The van der Waals surface area contributed by atoms with E-state index in [1.54, 1.807) is 0 Å². The molecule has 4 N–H and O–H groups in total. The summed E-state index contributed by atoms with van der Waals surface area (Å²) in [5, 5.41) is 3.15. The van der Waals surface area contributed by atoms with Crippen LogP contribution in [0.3, 0.4) is 0 Å². The van der Waals surface area contributed by atoms with Crippen molar-refractivity contribution in [3.8, 4) is 0 Å². The van der Waals surface area contributed by atoms with E-state index in [9.17, 15) is 13.2 Å². The van der Waals surface area contributed by atoms with Gasteiger partial charge < -0.3 is 11.1 Å². The molecule has 7 heteroatoms.